The molecule has 0 bridgehead atoms. The Morgan fingerprint density at radius 1 is 1.26 bits per heavy atom. The summed E-state index contributed by atoms with van der Waals surface area (Å²) in [7, 11) is -3.09. The van der Waals surface area contributed by atoms with E-state index in [0.29, 0.717) is 26.0 Å². The predicted octanol–water partition coefficient (Wildman–Crippen LogP) is 1.81. The van der Waals surface area contributed by atoms with Gasteiger partial charge in [0.1, 0.15) is 5.75 Å². The number of nitrogens with zero attached hydrogens (tertiary/aromatic N) is 1. The Morgan fingerprint density at radius 2 is 1.96 bits per heavy atom. The van der Waals surface area contributed by atoms with E-state index in [1.54, 1.807) is 6.92 Å². The molecule has 1 amide bonds. The lowest BCUT2D eigenvalue weighted by molar-refractivity contribution is -0.160. The molecular weight excluding hydrogens is 370 g/mol. The first-order valence-corrected chi connectivity index (χ1v) is 11.0. The molecule has 0 spiro atoms. The molecule has 1 saturated heterocycles. The average molecular weight is 397 g/mol. The second kappa shape index (κ2) is 9.73. The lowest BCUT2D eigenvalue weighted by atomic mass is 10.2. The molecule has 0 radical (unpaired) electrons. The fourth-order valence-corrected chi connectivity index (χ4v) is 4.81. The van der Waals surface area contributed by atoms with Crippen molar-refractivity contribution in [2.24, 2.45) is 0 Å². The molecule has 1 aliphatic rings. The van der Waals surface area contributed by atoms with Gasteiger partial charge in [-0.15, -0.1) is 0 Å². The summed E-state index contributed by atoms with van der Waals surface area (Å²) in [5, 5.41) is 0. The monoisotopic (exact) mass is 397 g/mol. The van der Waals surface area contributed by atoms with Crippen molar-refractivity contribution in [3.63, 3.8) is 0 Å². The van der Waals surface area contributed by atoms with Gasteiger partial charge in [-0.2, -0.15) is 0 Å². The number of carbonyl (C=O) groups is 2. The summed E-state index contributed by atoms with van der Waals surface area (Å²) in [5.41, 5.74) is 0. The van der Waals surface area contributed by atoms with Crippen molar-refractivity contribution in [1.82, 2.24) is 4.90 Å². The molecule has 1 fully saturated rings. The first kappa shape index (κ1) is 21.2. The van der Waals surface area contributed by atoms with Gasteiger partial charge in [-0.3, -0.25) is 9.59 Å². The third kappa shape index (κ3) is 6.53. The molecule has 1 aliphatic heterocycles. The summed E-state index contributed by atoms with van der Waals surface area (Å²) in [6.45, 7) is 4.07. The largest absolute Gasteiger partial charge is 0.494 e. The minimum absolute atomic E-state index is 0.0237. The maximum Gasteiger partial charge on any atom is 0.306 e. The fraction of sp³-hybridized carbons (Fsp3) is 0.579. The number of para-hydroxylation sites is 1. The third-order valence-electron chi connectivity index (χ3n) is 4.47. The van der Waals surface area contributed by atoms with Crippen LogP contribution < -0.4 is 4.74 Å². The third-order valence-corrected chi connectivity index (χ3v) is 6.22. The van der Waals surface area contributed by atoms with E-state index in [1.807, 2.05) is 30.3 Å². The van der Waals surface area contributed by atoms with Gasteiger partial charge in [0.15, 0.2) is 15.9 Å². The highest BCUT2D eigenvalue weighted by Crippen LogP contribution is 2.19. The molecule has 0 aliphatic carbocycles. The number of hydrogen-bond acceptors (Lipinski definition) is 6. The molecule has 0 saturated carbocycles. The molecule has 8 heteroatoms. The van der Waals surface area contributed by atoms with Crippen LogP contribution in [-0.2, 0) is 24.2 Å². The summed E-state index contributed by atoms with van der Waals surface area (Å²) in [4.78, 5) is 26.0. The number of rotatable bonds is 9. The Labute approximate surface area is 160 Å². The van der Waals surface area contributed by atoms with E-state index in [1.165, 1.54) is 11.8 Å². The van der Waals surface area contributed by atoms with Gasteiger partial charge >= 0.3 is 5.97 Å². The number of amides is 1. The molecule has 2 unspecified atom stereocenters. The second-order valence-corrected chi connectivity index (χ2v) is 8.81. The van der Waals surface area contributed by atoms with Gasteiger partial charge in [-0.25, -0.2) is 8.42 Å². The fourth-order valence-electron chi connectivity index (χ4n) is 3.08. The summed E-state index contributed by atoms with van der Waals surface area (Å²) in [5.74, 6) is -0.0169. The van der Waals surface area contributed by atoms with Crippen LogP contribution in [-0.4, -0.2) is 62.0 Å². The normalized spacial score (nSPS) is 19.3. The number of likely N-dealkylation sites (N-methyl/N-ethyl adjacent to an activating group) is 1. The van der Waals surface area contributed by atoms with E-state index in [0.717, 1.165) is 5.75 Å². The summed E-state index contributed by atoms with van der Waals surface area (Å²) >= 11 is 0. The standard InChI is InChI=1S/C19H27NO6S/c1-3-20(16-11-13-27(23,24)14-16)19(22)15(2)26-18(21)10-7-12-25-17-8-5-4-6-9-17/h4-6,8-9,15-16H,3,7,10-14H2,1-2H3. The smallest absolute Gasteiger partial charge is 0.306 e. The molecule has 1 heterocycles. The van der Waals surface area contributed by atoms with Gasteiger partial charge in [-0.05, 0) is 38.8 Å². The maximum atomic E-state index is 12.6. The quantitative estimate of drug-likeness (QED) is 0.466. The number of ether oxygens (including phenoxy) is 2. The van der Waals surface area contributed by atoms with Gasteiger partial charge in [-0.1, -0.05) is 18.2 Å². The second-order valence-electron chi connectivity index (χ2n) is 6.58. The first-order valence-electron chi connectivity index (χ1n) is 9.20. The summed E-state index contributed by atoms with van der Waals surface area (Å²) in [6.07, 6.45) is 0.122. The Bertz CT molecular complexity index is 734. The predicted molar refractivity (Wildman–Crippen MR) is 101 cm³/mol. The number of hydrogen-bond donors (Lipinski definition) is 0. The molecule has 2 atom stereocenters. The molecule has 27 heavy (non-hydrogen) atoms. The molecule has 0 N–H and O–H groups in total. The van der Waals surface area contributed by atoms with E-state index >= 15 is 0 Å². The minimum Gasteiger partial charge on any atom is -0.494 e. The topological polar surface area (TPSA) is 90.0 Å². The van der Waals surface area contributed by atoms with Crippen LogP contribution in [0.15, 0.2) is 30.3 Å². The number of esters is 1. The van der Waals surface area contributed by atoms with Crippen LogP contribution in [0.4, 0.5) is 0 Å². The van der Waals surface area contributed by atoms with Gasteiger partial charge in [0, 0.05) is 19.0 Å². The average Bonchev–Trinajstić information content (AvgIpc) is 2.99. The van der Waals surface area contributed by atoms with E-state index < -0.39 is 21.9 Å². The number of benzene rings is 1. The van der Waals surface area contributed by atoms with E-state index in [2.05, 4.69) is 0 Å². The highest BCUT2D eigenvalue weighted by atomic mass is 32.2. The Hall–Kier alpha value is -2.09. The van der Waals surface area contributed by atoms with E-state index in [4.69, 9.17) is 9.47 Å². The van der Waals surface area contributed by atoms with Gasteiger partial charge in [0.2, 0.25) is 0 Å². The Balaban J connectivity index is 1.74. The minimum atomic E-state index is -3.09. The maximum absolute atomic E-state index is 12.6. The van der Waals surface area contributed by atoms with Crippen molar-refractivity contribution in [2.75, 3.05) is 24.7 Å². The van der Waals surface area contributed by atoms with Crippen molar-refractivity contribution in [1.29, 1.82) is 0 Å². The zero-order chi connectivity index (χ0) is 19.9. The lowest BCUT2D eigenvalue weighted by Crippen LogP contribution is -2.46. The summed E-state index contributed by atoms with van der Waals surface area (Å²) < 4.78 is 34.0. The SMILES string of the molecule is CCN(C(=O)C(C)OC(=O)CCCOc1ccccc1)C1CCS(=O)(=O)C1. The number of carbonyl (C=O) groups excluding carboxylic acids is 2. The van der Waals surface area contributed by atoms with Crippen molar-refractivity contribution >= 4 is 21.7 Å². The summed E-state index contributed by atoms with van der Waals surface area (Å²) in [6, 6.07) is 8.96. The van der Waals surface area contributed by atoms with Gasteiger partial charge < -0.3 is 14.4 Å². The molecular formula is C19H27NO6S. The lowest BCUT2D eigenvalue weighted by Gasteiger charge is -2.29. The Morgan fingerprint density at radius 3 is 2.56 bits per heavy atom. The van der Waals surface area contributed by atoms with Crippen LogP contribution in [0.3, 0.4) is 0 Å². The van der Waals surface area contributed by atoms with E-state index in [-0.39, 0.29) is 29.9 Å². The van der Waals surface area contributed by atoms with Crippen molar-refractivity contribution in [2.45, 2.75) is 45.3 Å². The van der Waals surface area contributed by atoms with Crippen LogP contribution in [0.2, 0.25) is 0 Å². The van der Waals surface area contributed by atoms with Crippen LogP contribution in [0.1, 0.15) is 33.1 Å². The zero-order valence-electron chi connectivity index (χ0n) is 15.8. The first-order chi connectivity index (χ1) is 12.8. The Kier molecular flexibility index (Phi) is 7.65. The van der Waals surface area contributed by atoms with Crippen molar-refractivity contribution in [3.05, 3.63) is 30.3 Å². The van der Waals surface area contributed by atoms with Crippen LogP contribution >= 0.6 is 0 Å². The number of sulfone groups is 1. The van der Waals surface area contributed by atoms with Crippen LogP contribution in [0, 0.1) is 0 Å². The molecule has 150 valence electrons. The molecule has 1 aromatic rings. The van der Waals surface area contributed by atoms with Crippen LogP contribution in [0.25, 0.3) is 0 Å². The van der Waals surface area contributed by atoms with Crippen LogP contribution in [0.5, 0.6) is 5.75 Å². The van der Waals surface area contributed by atoms with Crippen molar-refractivity contribution < 1.29 is 27.5 Å². The molecule has 2 rings (SSSR count). The molecule has 0 aromatic heterocycles. The molecule has 1 aromatic carbocycles. The zero-order valence-corrected chi connectivity index (χ0v) is 16.6. The highest BCUT2D eigenvalue weighted by Gasteiger charge is 2.36. The van der Waals surface area contributed by atoms with Gasteiger partial charge in [0.25, 0.3) is 5.91 Å². The van der Waals surface area contributed by atoms with Crippen molar-refractivity contribution in [3.8, 4) is 5.75 Å². The molecule has 7 nitrogen and oxygen atoms in total. The van der Waals surface area contributed by atoms with Gasteiger partial charge in [0.05, 0.1) is 18.1 Å². The highest BCUT2D eigenvalue weighted by molar-refractivity contribution is 7.91. The van der Waals surface area contributed by atoms with E-state index in [9.17, 15) is 18.0 Å².